The predicted octanol–water partition coefficient (Wildman–Crippen LogP) is -0.0226. The van der Waals surface area contributed by atoms with Gasteiger partial charge in [0, 0.05) is 0 Å². The van der Waals surface area contributed by atoms with Crippen LogP contribution in [0, 0.1) is 0 Å². The Morgan fingerprint density at radius 3 is 2.85 bits per heavy atom. The molecule has 1 saturated heterocycles. The number of alkyl halides is 1. The van der Waals surface area contributed by atoms with Crippen LogP contribution in [0.1, 0.15) is 18.8 Å². The van der Waals surface area contributed by atoms with Gasteiger partial charge in [0.1, 0.15) is 24.1 Å². The average molecular weight is 282 g/mol. The van der Waals surface area contributed by atoms with Crippen LogP contribution in [0.25, 0.3) is 11.2 Å². The number of imidazole rings is 1. The van der Waals surface area contributed by atoms with E-state index in [1.165, 1.54) is 17.2 Å². The monoisotopic (exact) mass is 282 g/mol. The van der Waals surface area contributed by atoms with E-state index in [4.69, 9.17) is 9.84 Å². The number of hydrogen-bond donors (Lipinski definition) is 2. The maximum absolute atomic E-state index is 14.1. The quantitative estimate of drug-likeness (QED) is 0.821. The van der Waals surface area contributed by atoms with Crippen molar-refractivity contribution in [1.29, 1.82) is 0 Å². The molecule has 0 bridgehead atoms. The molecule has 8 heteroatoms. The summed E-state index contributed by atoms with van der Waals surface area (Å²) in [5.74, 6) is 0. The first-order valence-corrected chi connectivity index (χ1v) is 6.42. The van der Waals surface area contributed by atoms with Gasteiger partial charge in [-0.25, -0.2) is 19.3 Å². The molecule has 0 aliphatic carbocycles. The Hall–Kier alpha value is -1.64. The highest BCUT2D eigenvalue weighted by Gasteiger charge is 2.45. The molecule has 3 heterocycles. The van der Waals surface area contributed by atoms with Crippen molar-refractivity contribution in [2.75, 3.05) is 6.61 Å². The molecule has 108 valence electrons. The molecule has 2 N–H and O–H groups in total. The third kappa shape index (κ3) is 1.88. The van der Waals surface area contributed by atoms with Gasteiger partial charge in [-0.3, -0.25) is 4.57 Å². The van der Waals surface area contributed by atoms with Gasteiger partial charge in [-0.1, -0.05) is 6.92 Å². The van der Waals surface area contributed by atoms with Crippen LogP contribution in [-0.4, -0.2) is 54.7 Å². The van der Waals surface area contributed by atoms with Gasteiger partial charge in [0.2, 0.25) is 0 Å². The first kappa shape index (κ1) is 13.3. The van der Waals surface area contributed by atoms with Crippen LogP contribution in [0.5, 0.6) is 0 Å². The Kier molecular flexibility index (Phi) is 3.36. The van der Waals surface area contributed by atoms with Crippen molar-refractivity contribution in [2.45, 2.75) is 38.0 Å². The summed E-state index contributed by atoms with van der Waals surface area (Å²) in [6, 6.07) is 0. The Morgan fingerprint density at radius 1 is 1.40 bits per heavy atom. The molecule has 1 aliphatic rings. The Morgan fingerprint density at radius 2 is 2.20 bits per heavy atom. The van der Waals surface area contributed by atoms with Crippen LogP contribution in [0.4, 0.5) is 4.39 Å². The van der Waals surface area contributed by atoms with Crippen LogP contribution in [0.2, 0.25) is 0 Å². The lowest BCUT2D eigenvalue weighted by atomic mass is 10.1. The van der Waals surface area contributed by atoms with Crippen molar-refractivity contribution < 1.29 is 19.3 Å². The van der Waals surface area contributed by atoms with Crippen molar-refractivity contribution in [3.05, 3.63) is 18.3 Å². The summed E-state index contributed by atoms with van der Waals surface area (Å²) in [7, 11) is 0. The lowest BCUT2D eigenvalue weighted by Gasteiger charge is -2.14. The SMILES string of the molecule is CCc1ncnc2c1ncn2[C@@H]1O[C@H](CO)C(O)[C@@H]1F. The number of fused-ring (bicyclic) bond motifs is 1. The number of aryl methyl sites for hydroxylation is 1. The summed E-state index contributed by atoms with van der Waals surface area (Å²) in [6.07, 6.45) is -1.52. The van der Waals surface area contributed by atoms with E-state index in [1.807, 2.05) is 6.92 Å². The van der Waals surface area contributed by atoms with Crippen LogP contribution >= 0.6 is 0 Å². The number of hydrogen-bond acceptors (Lipinski definition) is 6. The molecule has 1 unspecified atom stereocenters. The molecular formula is C12H15FN4O3. The minimum atomic E-state index is -1.65. The molecule has 3 rings (SSSR count). The van der Waals surface area contributed by atoms with Crippen LogP contribution in [0.3, 0.4) is 0 Å². The molecule has 0 amide bonds. The minimum Gasteiger partial charge on any atom is -0.394 e. The van der Waals surface area contributed by atoms with Crippen molar-refractivity contribution in [1.82, 2.24) is 19.5 Å². The highest BCUT2D eigenvalue weighted by molar-refractivity contribution is 5.73. The summed E-state index contributed by atoms with van der Waals surface area (Å²) in [6.45, 7) is 1.50. The van der Waals surface area contributed by atoms with Crippen molar-refractivity contribution in [2.24, 2.45) is 0 Å². The standard InChI is InChI=1S/C12H15FN4O3/c1-2-6-9-11(15-4-14-6)17(5-16-9)12-8(13)10(19)7(3-18)20-12/h4-5,7-8,10,12,18-19H,2-3H2,1H3/t7-,8+,10?,12-/m1/s1. The molecule has 7 nitrogen and oxygen atoms in total. The molecular weight excluding hydrogens is 267 g/mol. The van der Waals surface area contributed by atoms with E-state index in [9.17, 15) is 9.50 Å². The first-order valence-electron chi connectivity index (χ1n) is 6.42. The number of ether oxygens (including phenoxy) is 1. The average Bonchev–Trinajstić information content (AvgIpc) is 3.01. The van der Waals surface area contributed by atoms with Crippen LogP contribution in [-0.2, 0) is 11.2 Å². The minimum absolute atomic E-state index is 0.445. The zero-order valence-corrected chi connectivity index (χ0v) is 10.8. The van der Waals surface area contributed by atoms with Gasteiger partial charge in [0.25, 0.3) is 0 Å². The normalized spacial score (nSPS) is 30.2. The van der Waals surface area contributed by atoms with Gasteiger partial charge >= 0.3 is 0 Å². The maximum atomic E-state index is 14.1. The summed E-state index contributed by atoms with van der Waals surface area (Å²) in [4.78, 5) is 12.4. The molecule has 4 atom stereocenters. The molecule has 1 fully saturated rings. The fraction of sp³-hybridized carbons (Fsp3) is 0.583. The summed E-state index contributed by atoms with van der Waals surface area (Å²) < 4.78 is 20.9. The largest absolute Gasteiger partial charge is 0.394 e. The first-order chi connectivity index (χ1) is 9.67. The summed E-state index contributed by atoms with van der Waals surface area (Å²) in [5, 5.41) is 18.7. The predicted molar refractivity (Wildman–Crippen MR) is 66.6 cm³/mol. The Labute approximate surface area is 114 Å². The third-order valence-corrected chi connectivity index (χ3v) is 3.52. The third-order valence-electron chi connectivity index (χ3n) is 3.52. The van der Waals surface area contributed by atoms with Crippen molar-refractivity contribution in [3.8, 4) is 0 Å². The van der Waals surface area contributed by atoms with E-state index in [2.05, 4.69) is 15.0 Å². The number of halogens is 1. The topological polar surface area (TPSA) is 93.3 Å². The van der Waals surface area contributed by atoms with E-state index in [0.717, 1.165) is 5.69 Å². The lowest BCUT2D eigenvalue weighted by molar-refractivity contribution is -0.0459. The van der Waals surface area contributed by atoms with Crippen LogP contribution in [0.15, 0.2) is 12.7 Å². The van der Waals surface area contributed by atoms with Gasteiger partial charge in [-0.15, -0.1) is 0 Å². The molecule has 2 aromatic heterocycles. The van der Waals surface area contributed by atoms with Gasteiger partial charge < -0.3 is 14.9 Å². The van der Waals surface area contributed by atoms with Gasteiger partial charge in [-0.2, -0.15) is 0 Å². The van der Waals surface area contributed by atoms with E-state index < -0.39 is 31.2 Å². The van der Waals surface area contributed by atoms with Gasteiger partial charge in [-0.05, 0) is 6.42 Å². The number of aromatic nitrogens is 4. The molecule has 0 radical (unpaired) electrons. The Balaban J connectivity index is 2.03. The smallest absolute Gasteiger partial charge is 0.173 e. The maximum Gasteiger partial charge on any atom is 0.173 e. The van der Waals surface area contributed by atoms with E-state index in [-0.39, 0.29) is 0 Å². The number of nitrogens with zero attached hydrogens (tertiary/aromatic N) is 4. The summed E-state index contributed by atoms with van der Waals surface area (Å²) in [5.41, 5.74) is 1.81. The highest BCUT2D eigenvalue weighted by atomic mass is 19.1. The number of aliphatic hydroxyl groups is 2. The number of rotatable bonds is 3. The molecule has 2 aromatic rings. The molecule has 1 aliphatic heterocycles. The fourth-order valence-corrected chi connectivity index (χ4v) is 2.42. The fourth-order valence-electron chi connectivity index (χ4n) is 2.42. The second kappa shape index (κ2) is 5.04. The van der Waals surface area contributed by atoms with Crippen molar-refractivity contribution in [3.63, 3.8) is 0 Å². The summed E-state index contributed by atoms with van der Waals surface area (Å²) >= 11 is 0. The molecule has 0 saturated carbocycles. The zero-order chi connectivity index (χ0) is 14.3. The zero-order valence-electron chi connectivity index (χ0n) is 10.8. The van der Waals surface area contributed by atoms with Crippen molar-refractivity contribution >= 4 is 11.2 Å². The van der Waals surface area contributed by atoms with E-state index in [1.54, 1.807) is 0 Å². The Bertz CT molecular complexity index is 620. The van der Waals surface area contributed by atoms with Gasteiger partial charge in [0.05, 0.1) is 18.6 Å². The molecule has 0 spiro atoms. The lowest BCUT2D eigenvalue weighted by Crippen LogP contribution is -2.30. The van der Waals surface area contributed by atoms with Crippen LogP contribution < -0.4 is 0 Å². The second-order valence-electron chi connectivity index (χ2n) is 4.68. The highest BCUT2D eigenvalue weighted by Crippen LogP contribution is 2.33. The van der Waals surface area contributed by atoms with E-state index in [0.29, 0.717) is 17.6 Å². The number of aliphatic hydroxyl groups excluding tert-OH is 2. The molecule has 0 aromatic carbocycles. The van der Waals surface area contributed by atoms with E-state index >= 15 is 0 Å². The second-order valence-corrected chi connectivity index (χ2v) is 4.68. The molecule has 20 heavy (non-hydrogen) atoms. The van der Waals surface area contributed by atoms with Gasteiger partial charge in [0.15, 0.2) is 18.0 Å².